The fraction of sp³-hybridized carbons (Fsp3) is 0.409. The van der Waals surface area contributed by atoms with E-state index in [4.69, 9.17) is 4.74 Å². The number of phenols is 1. The largest absolute Gasteiger partial charge is 0.507 e. The van der Waals surface area contributed by atoms with Crippen LogP contribution in [-0.4, -0.2) is 28.9 Å². The van der Waals surface area contributed by atoms with Gasteiger partial charge in [0.2, 0.25) is 5.78 Å². The number of ketones is 1. The molecule has 2 aliphatic heterocycles. The highest BCUT2D eigenvalue weighted by atomic mass is 32.1. The van der Waals surface area contributed by atoms with Gasteiger partial charge in [0, 0.05) is 30.6 Å². The van der Waals surface area contributed by atoms with Crippen LogP contribution >= 0.6 is 11.3 Å². The van der Waals surface area contributed by atoms with Crippen LogP contribution in [0.4, 0.5) is 0 Å². The molecule has 4 rings (SSSR count). The van der Waals surface area contributed by atoms with Crippen molar-refractivity contribution in [1.82, 2.24) is 4.90 Å². The van der Waals surface area contributed by atoms with Gasteiger partial charge in [-0.05, 0) is 54.3 Å². The topological polar surface area (TPSA) is 49.8 Å². The van der Waals surface area contributed by atoms with E-state index in [0.29, 0.717) is 41.0 Å². The van der Waals surface area contributed by atoms with Crippen LogP contribution in [0.25, 0.3) is 6.08 Å². The SMILES string of the molecule is Cc1ccsc1C=C1Oc2c(ccc(O)c2CN2C[C@H](C)C[C@H](C)C2)C1=O. The van der Waals surface area contributed by atoms with Crippen molar-refractivity contribution in [1.29, 1.82) is 0 Å². The zero-order valence-electron chi connectivity index (χ0n) is 16.0. The van der Waals surface area contributed by atoms with Crippen molar-refractivity contribution < 1.29 is 14.6 Å². The molecule has 3 heterocycles. The molecule has 0 spiro atoms. The number of thiophene rings is 1. The number of fused-ring (bicyclic) bond motifs is 1. The first kappa shape index (κ1) is 18.3. The molecule has 0 bridgehead atoms. The average molecular weight is 384 g/mol. The van der Waals surface area contributed by atoms with Crippen LogP contribution < -0.4 is 4.74 Å². The summed E-state index contributed by atoms with van der Waals surface area (Å²) in [6.07, 6.45) is 3.05. The maximum atomic E-state index is 12.8. The van der Waals surface area contributed by atoms with E-state index in [1.54, 1.807) is 23.5 Å². The molecule has 1 saturated heterocycles. The maximum Gasteiger partial charge on any atom is 0.232 e. The van der Waals surface area contributed by atoms with Crippen molar-refractivity contribution in [3.63, 3.8) is 0 Å². The number of hydrogen-bond donors (Lipinski definition) is 1. The van der Waals surface area contributed by atoms with Crippen LogP contribution in [0.2, 0.25) is 0 Å². The van der Waals surface area contributed by atoms with Crippen molar-refractivity contribution in [2.45, 2.75) is 33.7 Å². The Bertz CT molecular complexity index is 904. The molecule has 4 nitrogen and oxygen atoms in total. The summed E-state index contributed by atoms with van der Waals surface area (Å²) in [7, 11) is 0. The normalized spacial score (nSPS) is 24.3. The number of nitrogens with zero attached hydrogens (tertiary/aromatic N) is 1. The standard InChI is InChI=1S/C22H25NO3S/c1-13-8-14(2)11-23(10-13)12-17-18(24)5-4-16-21(25)19(26-22(16)17)9-20-15(3)6-7-27-20/h4-7,9,13-14,24H,8,10-12H2,1-3H3/t13-,14+. The molecule has 1 aromatic carbocycles. The maximum absolute atomic E-state index is 12.8. The number of ether oxygens (including phenoxy) is 1. The van der Waals surface area contributed by atoms with Crippen LogP contribution in [0.15, 0.2) is 29.3 Å². The predicted octanol–water partition coefficient (Wildman–Crippen LogP) is 4.86. The molecule has 0 amide bonds. The Hall–Kier alpha value is -2.11. The molecule has 2 aromatic rings. The molecule has 142 valence electrons. The summed E-state index contributed by atoms with van der Waals surface area (Å²) in [6.45, 7) is 9.15. The lowest BCUT2D eigenvalue weighted by molar-refractivity contribution is 0.101. The van der Waals surface area contributed by atoms with Gasteiger partial charge < -0.3 is 9.84 Å². The van der Waals surface area contributed by atoms with Crippen molar-refractivity contribution in [2.24, 2.45) is 11.8 Å². The van der Waals surface area contributed by atoms with Crippen molar-refractivity contribution in [3.8, 4) is 11.5 Å². The van der Waals surface area contributed by atoms with Gasteiger partial charge in [-0.2, -0.15) is 0 Å². The number of likely N-dealkylation sites (tertiary alicyclic amines) is 1. The summed E-state index contributed by atoms with van der Waals surface area (Å²) in [5, 5.41) is 12.5. The van der Waals surface area contributed by atoms with Gasteiger partial charge in [-0.25, -0.2) is 0 Å². The number of benzene rings is 1. The quantitative estimate of drug-likeness (QED) is 0.769. The molecule has 1 fully saturated rings. The van der Waals surface area contributed by atoms with Gasteiger partial charge in [0.15, 0.2) is 5.76 Å². The molecule has 2 atom stereocenters. The zero-order valence-corrected chi connectivity index (χ0v) is 16.8. The molecule has 1 N–H and O–H groups in total. The van der Waals surface area contributed by atoms with Gasteiger partial charge >= 0.3 is 0 Å². The molecule has 1 aromatic heterocycles. The van der Waals surface area contributed by atoms with E-state index in [-0.39, 0.29) is 11.5 Å². The van der Waals surface area contributed by atoms with Gasteiger partial charge in [0.25, 0.3) is 0 Å². The van der Waals surface area contributed by atoms with Crippen LogP contribution in [0.3, 0.4) is 0 Å². The molecular formula is C22H25NO3S. The van der Waals surface area contributed by atoms with Gasteiger partial charge in [0.05, 0.1) is 11.1 Å². The third-order valence-electron chi connectivity index (χ3n) is 5.41. The van der Waals surface area contributed by atoms with E-state index in [0.717, 1.165) is 23.5 Å². The number of carbonyl (C=O) groups excluding carboxylic acids is 1. The molecule has 0 unspecified atom stereocenters. The summed E-state index contributed by atoms with van der Waals surface area (Å²) in [5.74, 6) is 2.20. The minimum Gasteiger partial charge on any atom is -0.507 e. The third-order valence-corrected chi connectivity index (χ3v) is 6.37. The number of hydrogen-bond acceptors (Lipinski definition) is 5. The van der Waals surface area contributed by atoms with Gasteiger partial charge in [0.1, 0.15) is 11.5 Å². The Morgan fingerprint density at radius 1 is 1.26 bits per heavy atom. The number of piperidine rings is 1. The van der Waals surface area contributed by atoms with Crippen LogP contribution in [0.5, 0.6) is 11.5 Å². The zero-order chi connectivity index (χ0) is 19.1. The first-order chi connectivity index (χ1) is 12.9. The van der Waals surface area contributed by atoms with Gasteiger partial charge in [-0.3, -0.25) is 9.69 Å². The van der Waals surface area contributed by atoms with Crippen molar-refractivity contribution in [3.05, 3.63) is 50.9 Å². The molecule has 5 heteroatoms. The van der Waals surface area contributed by atoms with E-state index in [9.17, 15) is 9.90 Å². The van der Waals surface area contributed by atoms with E-state index in [2.05, 4.69) is 18.7 Å². The summed E-state index contributed by atoms with van der Waals surface area (Å²) in [5.41, 5.74) is 2.38. The third kappa shape index (κ3) is 3.54. The second kappa shape index (κ2) is 7.13. The second-order valence-corrected chi connectivity index (χ2v) is 8.94. The number of carbonyl (C=O) groups is 1. The lowest BCUT2D eigenvalue weighted by atomic mass is 9.91. The number of allylic oxidation sites excluding steroid dienone is 1. The highest BCUT2D eigenvalue weighted by molar-refractivity contribution is 7.11. The highest BCUT2D eigenvalue weighted by Crippen LogP contribution is 2.41. The van der Waals surface area contributed by atoms with Crippen LogP contribution in [0.1, 0.15) is 46.6 Å². The van der Waals surface area contributed by atoms with E-state index in [1.807, 2.05) is 24.4 Å². The van der Waals surface area contributed by atoms with Crippen LogP contribution in [0, 0.1) is 18.8 Å². The lowest BCUT2D eigenvalue weighted by Gasteiger charge is -2.35. The Labute approximate surface area is 164 Å². The van der Waals surface area contributed by atoms with Crippen LogP contribution in [-0.2, 0) is 6.54 Å². The smallest absolute Gasteiger partial charge is 0.232 e. The molecule has 0 saturated carbocycles. The summed E-state index contributed by atoms with van der Waals surface area (Å²) in [4.78, 5) is 16.2. The molecular weight excluding hydrogens is 358 g/mol. The number of aryl methyl sites for hydroxylation is 1. The Balaban J connectivity index is 1.65. The van der Waals surface area contributed by atoms with Gasteiger partial charge in [-0.1, -0.05) is 13.8 Å². The monoisotopic (exact) mass is 383 g/mol. The number of phenolic OH excluding ortho intramolecular Hbond substituents is 1. The molecule has 0 radical (unpaired) electrons. The molecule has 0 aliphatic carbocycles. The lowest BCUT2D eigenvalue weighted by Crippen LogP contribution is -2.38. The minimum absolute atomic E-state index is 0.112. The number of Topliss-reactive ketones (excluding diaryl/α,β-unsaturated/α-hetero) is 1. The van der Waals surface area contributed by atoms with Crippen molar-refractivity contribution in [2.75, 3.05) is 13.1 Å². The molecule has 2 aliphatic rings. The number of aromatic hydroxyl groups is 1. The average Bonchev–Trinajstić information content (AvgIpc) is 3.14. The van der Waals surface area contributed by atoms with Crippen molar-refractivity contribution >= 4 is 23.2 Å². The predicted molar refractivity (Wildman–Crippen MR) is 108 cm³/mol. The Morgan fingerprint density at radius 3 is 2.67 bits per heavy atom. The Morgan fingerprint density at radius 2 is 2.00 bits per heavy atom. The first-order valence-electron chi connectivity index (χ1n) is 9.48. The number of rotatable bonds is 3. The fourth-order valence-electron chi connectivity index (χ4n) is 4.25. The summed E-state index contributed by atoms with van der Waals surface area (Å²) in [6, 6.07) is 5.31. The van der Waals surface area contributed by atoms with E-state index < -0.39 is 0 Å². The summed E-state index contributed by atoms with van der Waals surface area (Å²) >= 11 is 1.59. The second-order valence-electron chi connectivity index (χ2n) is 7.99. The molecule has 27 heavy (non-hydrogen) atoms. The van der Waals surface area contributed by atoms with Gasteiger partial charge in [-0.15, -0.1) is 11.3 Å². The first-order valence-corrected chi connectivity index (χ1v) is 10.4. The Kier molecular flexibility index (Phi) is 4.82. The van der Waals surface area contributed by atoms with E-state index >= 15 is 0 Å². The fourth-order valence-corrected chi connectivity index (χ4v) is 5.09. The summed E-state index contributed by atoms with van der Waals surface area (Å²) < 4.78 is 5.99. The highest BCUT2D eigenvalue weighted by Gasteiger charge is 2.32. The van der Waals surface area contributed by atoms with E-state index in [1.165, 1.54) is 6.42 Å². The minimum atomic E-state index is -0.112.